The number of hydrogen-bond acceptors (Lipinski definition) is 2. The van der Waals surface area contributed by atoms with Gasteiger partial charge in [-0.2, -0.15) is 0 Å². The van der Waals surface area contributed by atoms with Crippen LogP contribution >= 0.6 is 11.6 Å². The Kier molecular flexibility index (Phi) is 6.19. The molecule has 92 valence electrons. The number of unbranched alkanes of at least 4 members (excludes halogenated alkanes) is 1. The van der Waals surface area contributed by atoms with Crippen LogP contribution in [0.3, 0.4) is 0 Å². The minimum Gasteiger partial charge on any atom is -0.228 e. The summed E-state index contributed by atoms with van der Waals surface area (Å²) in [6.07, 6.45) is 3.49. The first-order chi connectivity index (χ1) is 6.70. The van der Waals surface area contributed by atoms with Gasteiger partial charge in [0, 0.05) is 5.38 Å². The van der Waals surface area contributed by atoms with E-state index in [2.05, 4.69) is 0 Å². The van der Waals surface area contributed by atoms with Crippen molar-refractivity contribution in [2.45, 2.75) is 63.5 Å². The molecule has 0 bridgehead atoms. The molecule has 0 heterocycles. The maximum absolute atomic E-state index is 11.7. The Morgan fingerprint density at radius 1 is 1.20 bits per heavy atom. The highest BCUT2D eigenvalue weighted by Crippen LogP contribution is 2.18. The summed E-state index contributed by atoms with van der Waals surface area (Å²) in [6.45, 7) is 7.29. The fraction of sp³-hybridized carbons (Fsp3) is 1.00. The van der Waals surface area contributed by atoms with E-state index in [1.54, 1.807) is 20.8 Å². The molecular weight excluding hydrogens is 232 g/mol. The summed E-state index contributed by atoms with van der Waals surface area (Å²) in [7, 11) is -2.95. The molecule has 0 saturated carbocycles. The molecule has 0 saturated heterocycles. The Morgan fingerprint density at radius 2 is 1.73 bits per heavy atom. The van der Waals surface area contributed by atoms with Crippen LogP contribution in [0.2, 0.25) is 0 Å². The molecule has 1 atom stereocenters. The lowest BCUT2D eigenvalue weighted by Gasteiger charge is -2.19. The van der Waals surface area contributed by atoms with Crippen LogP contribution in [0.1, 0.15) is 53.4 Å². The summed E-state index contributed by atoms with van der Waals surface area (Å²) in [6, 6.07) is 0. The van der Waals surface area contributed by atoms with Crippen molar-refractivity contribution < 1.29 is 8.42 Å². The van der Waals surface area contributed by atoms with Crippen molar-refractivity contribution in [1.82, 2.24) is 0 Å². The summed E-state index contributed by atoms with van der Waals surface area (Å²) in [5.74, 6) is 0.282. The largest absolute Gasteiger partial charge is 0.228 e. The summed E-state index contributed by atoms with van der Waals surface area (Å²) >= 11 is 5.96. The predicted octanol–water partition coefficient (Wildman–Crippen LogP) is 3.39. The number of halogens is 1. The highest BCUT2D eigenvalue weighted by molar-refractivity contribution is 7.92. The van der Waals surface area contributed by atoms with Crippen LogP contribution in [0, 0.1) is 0 Å². The highest BCUT2D eigenvalue weighted by atomic mass is 35.5. The third kappa shape index (κ3) is 5.76. The average Bonchev–Trinajstić information content (AvgIpc) is 2.10. The molecule has 4 heteroatoms. The second kappa shape index (κ2) is 6.09. The van der Waals surface area contributed by atoms with Gasteiger partial charge in [0.15, 0.2) is 9.84 Å². The van der Waals surface area contributed by atoms with Crippen LogP contribution in [0.5, 0.6) is 0 Å². The van der Waals surface area contributed by atoms with Crippen LogP contribution < -0.4 is 0 Å². The van der Waals surface area contributed by atoms with Crippen molar-refractivity contribution in [3.63, 3.8) is 0 Å². The topological polar surface area (TPSA) is 34.1 Å². The first-order valence-electron chi connectivity index (χ1n) is 5.57. The lowest BCUT2D eigenvalue weighted by molar-refractivity contribution is 0.553. The van der Waals surface area contributed by atoms with Gasteiger partial charge in [0.2, 0.25) is 0 Å². The molecule has 0 amide bonds. The van der Waals surface area contributed by atoms with Crippen molar-refractivity contribution in [3.05, 3.63) is 0 Å². The molecule has 2 nitrogen and oxygen atoms in total. The van der Waals surface area contributed by atoms with Crippen molar-refractivity contribution in [2.75, 3.05) is 5.75 Å². The number of hydrogen-bond donors (Lipinski definition) is 0. The van der Waals surface area contributed by atoms with Crippen LogP contribution in [-0.2, 0) is 9.84 Å². The molecule has 0 rings (SSSR count). The summed E-state index contributed by atoms with van der Waals surface area (Å²) in [5, 5.41) is 0.197. The normalized spacial score (nSPS) is 15.3. The minimum absolute atomic E-state index is 0.197. The molecule has 0 fully saturated rings. The molecule has 1 unspecified atom stereocenters. The quantitative estimate of drug-likeness (QED) is 0.538. The summed E-state index contributed by atoms with van der Waals surface area (Å²) in [5.41, 5.74) is 0. The number of alkyl halides is 1. The summed E-state index contributed by atoms with van der Waals surface area (Å²) in [4.78, 5) is 0. The van der Waals surface area contributed by atoms with Crippen LogP contribution in [0.4, 0.5) is 0 Å². The van der Waals surface area contributed by atoms with Gasteiger partial charge in [0.25, 0.3) is 0 Å². The fourth-order valence-corrected chi connectivity index (χ4v) is 2.52. The molecule has 0 aromatic heterocycles. The van der Waals surface area contributed by atoms with Gasteiger partial charge in [-0.05, 0) is 40.0 Å². The average molecular weight is 255 g/mol. The van der Waals surface area contributed by atoms with Gasteiger partial charge in [0.1, 0.15) is 0 Å². The zero-order chi connectivity index (χ0) is 12.1. The molecule has 0 aromatic rings. The second-order valence-corrected chi connectivity index (χ2v) is 8.41. The minimum atomic E-state index is -2.95. The highest BCUT2D eigenvalue weighted by Gasteiger charge is 2.27. The van der Waals surface area contributed by atoms with E-state index >= 15 is 0 Å². The molecule has 15 heavy (non-hydrogen) atoms. The molecule has 0 spiro atoms. The third-order valence-electron chi connectivity index (χ3n) is 2.56. The molecular formula is C11H23ClO2S. The predicted molar refractivity (Wildman–Crippen MR) is 67.3 cm³/mol. The van der Waals surface area contributed by atoms with E-state index in [4.69, 9.17) is 11.6 Å². The van der Waals surface area contributed by atoms with E-state index < -0.39 is 14.6 Å². The van der Waals surface area contributed by atoms with E-state index in [-0.39, 0.29) is 11.1 Å². The van der Waals surface area contributed by atoms with Crippen LogP contribution in [0.25, 0.3) is 0 Å². The van der Waals surface area contributed by atoms with Gasteiger partial charge in [-0.25, -0.2) is 8.42 Å². The van der Waals surface area contributed by atoms with Gasteiger partial charge in [-0.3, -0.25) is 0 Å². The van der Waals surface area contributed by atoms with Gasteiger partial charge in [0.05, 0.1) is 10.5 Å². The standard InChI is InChI=1S/C11H23ClO2S/c1-5-10(12)8-6-7-9-15(13,14)11(2,3)4/h10H,5-9H2,1-4H3. The first kappa shape index (κ1) is 15.2. The maximum Gasteiger partial charge on any atom is 0.155 e. The molecule has 0 radical (unpaired) electrons. The van der Waals surface area contributed by atoms with E-state index in [0.717, 1.165) is 25.7 Å². The van der Waals surface area contributed by atoms with E-state index in [0.29, 0.717) is 0 Å². The van der Waals surface area contributed by atoms with Gasteiger partial charge in [-0.15, -0.1) is 11.6 Å². The van der Waals surface area contributed by atoms with Crippen LogP contribution in [-0.4, -0.2) is 24.3 Å². The van der Waals surface area contributed by atoms with Gasteiger partial charge < -0.3 is 0 Å². The lowest BCUT2D eigenvalue weighted by atomic mass is 10.2. The van der Waals surface area contributed by atoms with Crippen molar-refractivity contribution >= 4 is 21.4 Å². The lowest BCUT2D eigenvalue weighted by Crippen LogP contribution is -2.30. The Bertz CT molecular complexity index is 265. The Hall–Kier alpha value is 0.240. The summed E-state index contributed by atoms with van der Waals surface area (Å²) < 4.78 is 22.8. The number of sulfone groups is 1. The van der Waals surface area contributed by atoms with Crippen molar-refractivity contribution in [1.29, 1.82) is 0 Å². The Balaban J connectivity index is 3.88. The molecule has 0 aliphatic heterocycles. The zero-order valence-corrected chi connectivity index (χ0v) is 11.8. The Morgan fingerprint density at radius 3 is 2.13 bits per heavy atom. The smallest absolute Gasteiger partial charge is 0.155 e. The molecule has 0 aliphatic rings. The SMILES string of the molecule is CCC(Cl)CCCCS(=O)(=O)C(C)(C)C. The monoisotopic (exact) mass is 254 g/mol. The molecule has 0 aromatic carbocycles. The van der Waals surface area contributed by atoms with E-state index in [1.807, 2.05) is 6.92 Å². The third-order valence-corrected chi connectivity index (χ3v) is 5.78. The van der Waals surface area contributed by atoms with Crippen LogP contribution in [0.15, 0.2) is 0 Å². The fourth-order valence-electron chi connectivity index (χ4n) is 1.17. The van der Waals surface area contributed by atoms with Crippen molar-refractivity contribution in [3.8, 4) is 0 Å². The first-order valence-corrected chi connectivity index (χ1v) is 7.66. The molecule has 0 aliphatic carbocycles. The van der Waals surface area contributed by atoms with Gasteiger partial charge >= 0.3 is 0 Å². The van der Waals surface area contributed by atoms with E-state index in [9.17, 15) is 8.42 Å². The molecule has 0 N–H and O–H groups in total. The maximum atomic E-state index is 11.7. The number of rotatable bonds is 6. The van der Waals surface area contributed by atoms with E-state index in [1.165, 1.54) is 0 Å². The zero-order valence-electron chi connectivity index (χ0n) is 10.2. The van der Waals surface area contributed by atoms with Gasteiger partial charge in [-0.1, -0.05) is 13.3 Å². The second-order valence-electron chi connectivity index (χ2n) is 4.93. The Labute approximate surface area is 99.3 Å². The van der Waals surface area contributed by atoms with Crippen molar-refractivity contribution in [2.24, 2.45) is 0 Å².